The average molecular weight is 255 g/mol. The van der Waals surface area contributed by atoms with E-state index in [0.717, 1.165) is 25.0 Å². The van der Waals surface area contributed by atoms with Crippen LogP contribution in [0.25, 0.3) is 0 Å². The highest BCUT2D eigenvalue weighted by Gasteiger charge is 2.18. The van der Waals surface area contributed by atoms with Gasteiger partial charge in [-0.25, -0.2) is 0 Å². The van der Waals surface area contributed by atoms with Crippen LogP contribution in [0.3, 0.4) is 0 Å². The van der Waals surface area contributed by atoms with E-state index in [4.69, 9.17) is 4.74 Å². The Kier molecular flexibility index (Phi) is 8.70. The summed E-state index contributed by atoms with van der Waals surface area (Å²) in [6.45, 7) is 10.2. The lowest BCUT2D eigenvalue weighted by Crippen LogP contribution is -2.22. The maximum absolute atomic E-state index is 5.98. The van der Waals surface area contributed by atoms with Gasteiger partial charge in [0.15, 0.2) is 0 Å². The first-order valence-corrected chi connectivity index (χ1v) is 8.00. The van der Waals surface area contributed by atoms with Gasteiger partial charge in [-0.1, -0.05) is 33.6 Å². The predicted molar refractivity (Wildman–Crippen MR) is 78.9 cm³/mol. The van der Waals surface area contributed by atoms with E-state index in [9.17, 15) is 0 Å². The normalized spacial score (nSPS) is 24.7. The molecule has 0 aromatic heterocycles. The first-order valence-electron chi connectivity index (χ1n) is 8.00. The molecule has 1 N–H and O–H groups in total. The van der Waals surface area contributed by atoms with E-state index in [0.29, 0.717) is 6.10 Å². The van der Waals surface area contributed by atoms with Gasteiger partial charge in [0.1, 0.15) is 0 Å². The van der Waals surface area contributed by atoms with Crippen molar-refractivity contribution in [3.05, 3.63) is 0 Å². The van der Waals surface area contributed by atoms with Crippen LogP contribution in [0.2, 0.25) is 0 Å². The Balaban J connectivity index is 1.83. The molecule has 2 atom stereocenters. The van der Waals surface area contributed by atoms with Crippen LogP contribution in [-0.4, -0.2) is 25.8 Å². The van der Waals surface area contributed by atoms with Crippen LogP contribution in [-0.2, 0) is 4.74 Å². The molecule has 0 aliphatic heterocycles. The molecular weight excluding hydrogens is 222 g/mol. The van der Waals surface area contributed by atoms with Crippen LogP contribution in [0.1, 0.15) is 65.7 Å². The molecule has 1 saturated carbocycles. The molecule has 1 fully saturated rings. The van der Waals surface area contributed by atoms with Crippen molar-refractivity contribution in [2.75, 3.05) is 19.7 Å². The Labute approximate surface area is 114 Å². The van der Waals surface area contributed by atoms with Gasteiger partial charge in [-0.15, -0.1) is 0 Å². The molecule has 0 aromatic carbocycles. The Bertz CT molecular complexity index is 194. The third-order valence-corrected chi connectivity index (χ3v) is 3.79. The molecule has 1 aliphatic carbocycles. The zero-order valence-electron chi connectivity index (χ0n) is 12.7. The summed E-state index contributed by atoms with van der Waals surface area (Å²) in [5, 5.41) is 3.49. The molecule has 2 heteroatoms. The summed E-state index contributed by atoms with van der Waals surface area (Å²) in [6, 6.07) is 0. The first-order chi connectivity index (χ1) is 8.68. The van der Waals surface area contributed by atoms with Gasteiger partial charge in [0.25, 0.3) is 0 Å². The molecule has 0 saturated heterocycles. The highest BCUT2D eigenvalue weighted by Crippen LogP contribution is 2.25. The second-order valence-corrected chi connectivity index (χ2v) is 6.42. The lowest BCUT2D eigenvalue weighted by atomic mass is 9.89. The van der Waals surface area contributed by atoms with Gasteiger partial charge in [0.2, 0.25) is 0 Å². The number of nitrogens with one attached hydrogen (secondary N) is 1. The fraction of sp³-hybridized carbons (Fsp3) is 1.00. The highest BCUT2D eigenvalue weighted by atomic mass is 16.5. The summed E-state index contributed by atoms with van der Waals surface area (Å²) in [7, 11) is 0. The summed E-state index contributed by atoms with van der Waals surface area (Å²) in [4.78, 5) is 0. The predicted octanol–water partition coefficient (Wildman–Crippen LogP) is 4.00. The maximum atomic E-state index is 5.98. The minimum absolute atomic E-state index is 0.563. The third-order valence-electron chi connectivity index (χ3n) is 3.79. The number of hydrogen-bond acceptors (Lipinski definition) is 2. The second kappa shape index (κ2) is 9.80. The molecule has 0 bridgehead atoms. The van der Waals surface area contributed by atoms with E-state index < -0.39 is 0 Å². The molecule has 2 nitrogen and oxygen atoms in total. The number of ether oxygens (including phenoxy) is 1. The smallest absolute Gasteiger partial charge is 0.0577 e. The van der Waals surface area contributed by atoms with Crippen LogP contribution >= 0.6 is 0 Å². The zero-order chi connectivity index (χ0) is 13.2. The number of hydrogen-bond donors (Lipinski definition) is 1. The summed E-state index contributed by atoms with van der Waals surface area (Å²) >= 11 is 0. The molecule has 0 amide bonds. The van der Waals surface area contributed by atoms with Gasteiger partial charge >= 0.3 is 0 Å². The molecule has 0 aromatic rings. The number of rotatable bonds is 9. The van der Waals surface area contributed by atoms with Crippen LogP contribution in [0.5, 0.6) is 0 Å². The van der Waals surface area contributed by atoms with E-state index in [1.165, 1.54) is 51.5 Å². The molecule has 0 heterocycles. The van der Waals surface area contributed by atoms with Gasteiger partial charge in [0.05, 0.1) is 6.10 Å². The van der Waals surface area contributed by atoms with E-state index in [1.807, 2.05) is 0 Å². The Morgan fingerprint density at radius 3 is 2.72 bits per heavy atom. The van der Waals surface area contributed by atoms with Crippen molar-refractivity contribution in [3.8, 4) is 0 Å². The minimum atomic E-state index is 0.563. The van der Waals surface area contributed by atoms with Gasteiger partial charge in [-0.2, -0.15) is 0 Å². The SMILES string of the molecule is CC(C)CNCCCCCOC1CCCC(C)C1. The molecule has 18 heavy (non-hydrogen) atoms. The van der Waals surface area contributed by atoms with Crippen molar-refractivity contribution in [1.82, 2.24) is 5.32 Å². The van der Waals surface area contributed by atoms with Crippen molar-refractivity contribution < 1.29 is 4.74 Å². The van der Waals surface area contributed by atoms with Crippen molar-refractivity contribution in [1.29, 1.82) is 0 Å². The Hall–Kier alpha value is -0.0800. The average Bonchev–Trinajstić information content (AvgIpc) is 2.32. The fourth-order valence-electron chi connectivity index (χ4n) is 2.70. The summed E-state index contributed by atoms with van der Waals surface area (Å²) in [6.07, 6.45) is 9.73. The van der Waals surface area contributed by atoms with Gasteiger partial charge in [0, 0.05) is 6.61 Å². The quantitative estimate of drug-likeness (QED) is 0.629. The van der Waals surface area contributed by atoms with Gasteiger partial charge < -0.3 is 10.1 Å². The topological polar surface area (TPSA) is 21.3 Å². The van der Waals surface area contributed by atoms with Crippen LogP contribution in [0.4, 0.5) is 0 Å². The Morgan fingerprint density at radius 1 is 1.17 bits per heavy atom. The third kappa shape index (κ3) is 8.10. The molecule has 108 valence electrons. The summed E-state index contributed by atoms with van der Waals surface area (Å²) in [5.41, 5.74) is 0. The molecular formula is C16H33NO. The Morgan fingerprint density at radius 2 is 2.00 bits per heavy atom. The van der Waals surface area contributed by atoms with E-state index in [-0.39, 0.29) is 0 Å². The molecule has 1 rings (SSSR count). The van der Waals surface area contributed by atoms with Crippen LogP contribution < -0.4 is 5.32 Å². The van der Waals surface area contributed by atoms with Crippen molar-refractivity contribution in [2.24, 2.45) is 11.8 Å². The molecule has 0 spiro atoms. The molecule has 0 radical (unpaired) electrons. The van der Waals surface area contributed by atoms with Crippen molar-refractivity contribution in [3.63, 3.8) is 0 Å². The highest BCUT2D eigenvalue weighted by molar-refractivity contribution is 4.70. The largest absolute Gasteiger partial charge is 0.378 e. The van der Waals surface area contributed by atoms with Crippen molar-refractivity contribution >= 4 is 0 Å². The molecule has 1 aliphatic rings. The summed E-state index contributed by atoms with van der Waals surface area (Å²) in [5.74, 6) is 1.64. The fourth-order valence-corrected chi connectivity index (χ4v) is 2.70. The lowest BCUT2D eigenvalue weighted by Gasteiger charge is -2.26. The van der Waals surface area contributed by atoms with Crippen molar-refractivity contribution in [2.45, 2.75) is 71.8 Å². The minimum Gasteiger partial charge on any atom is -0.378 e. The van der Waals surface area contributed by atoms with E-state index >= 15 is 0 Å². The van der Waals surface area contributed by atoms with E-state index in [2.05, 4.69) is 26.1 Å². The van der Waals surface area contributed by atoms with E-state index in [1.54, 1.807) is 0 Å². The number of unbranched alkanes of at least 4 members (excludes halogenated alkanes) is 2. The summed E-state index contributed by atoms with van der Waals surface area (Å²) < 4.78 is 5.98. The standard InChI is InChI=1S/C16H33NO/c1-14(2)13-17-10-5-4-6-11-18-16-9-7-8-15(3)12-16/h14-17H,4-13H2,1-3H3. The van der Waals surface area contributed by atoms with Crippen LogP contribution in [0, 0.1) is 11.8 Å². The van der Waals surface area contributed by atoms with Gasteiger partial charge in [-0.05, 0) is 57.0 Å². The lowest BCUT2D eigenvalue weighted by molar-refractivity contribution is 0.0137. The van der Waals surface area contributed by atoms with Gasteiger partial charge in [-0.3, -0.25) is 0 Å². The molecule has 2 unspecified atom stereocenters. The maximum Gasteiger partial charge on any atom is 0.0577 e. The monoisotopic (exact) mass is 255 g/mol. The second-order valence-electron chi connectivity index (χ2n) is 6.42. The zero-order valence-corrected chi connectivity index (χ0v) is 12.7. The first kappa shape index (κ1) is 16.0. The van der Waals surface area contributed by atoms with Crippen LogP contribution in [0.15, 0.2) is 0 Å².